The monoisotopic (exact) mass is 400 g/mol. The molecule has 2 aromatic rings. The lowest BCUT2D eigenvalue weighted by molar-refractivity contribution is 0.0592. The molecule has 0 spiro atoms. The van der Waals surface area contributed by atoms with Gasteiger partial charge in [-0.25, -0.2) is 9.48 Å². The first-order valence-corrected chi connectivity index (χ1v) is 7.58. The zero-order valence-electron chi connectivity index (χ0n) is 12.4. The minimum Gasteiger partial charge on any atom is -0.497 e. The van der Waals surface area contributed by atoms with Crippen molar-refractivity contribution in [2.24, 2.45) is 0 Å². The van der Waals surface area contributed by atoms with Crippen LogP contribution in [-0.4, -0.2) is 30.0 Å². The Morgan fingerprint density at radius 1 is 1.33 bits per heavy atom. The normalized spacial score (nSPS) is 10.8. The van der Waals surface area contributed by atoms with Crippen molar-refractivity contribution < 1.29 is 14.3 Å². The highest BCUT2D eigenvalue weighted by Gasteiger charge is 2.24. The minimum absolute atomic E-state index is 0.217. The number of hydrogen-bond donors (Lipinski definition) is 0. The molecule has 0 atom stereocenters. The molecule has 0 saturated heterocycles. The number of esters is 1. The topological polar surface area (TPSA) is 53.3 Å². The van der Waals surface area contributed by atoms with Gasteiger partial charge in [0.25, 0.3) is 0 Å². The lowest BCUT2D eigenvalue weighted by Crippen LogP contribution is -2.06. The zero-order chi connectivity index (χ0) is 15.6. The third-order valence-electron chi connectivity index (χ3n) is 3.08. The van der Waals surface area contributed by atoms with Gasteiger partial charge in [-0.1, -0.05) is 19.9 Å². The molecule has 1 heterocycles. The van der Waals surface area contributed by atoms with Crippen molar-refractivity contribution in [3.8, 4) is 11.4 Å². The van der Waals surface area contributed by atoms with Gasteiger partial charge in [0.15, 0.2) is 5.69 Å². The van der Waals surface area contributed by atoms with Gasteiger partial charge in [-0.3, -0.25) is 0 Å². The second kappa shape index (κ2) is 6.46. The number of carbonyl (C=O) groups excluding carboxylic acids is 1. The van der Waals surface area contributed by atoms with Crippen LogP contribution in [0.15, 0.2) is 24.3 Å². The Kier molecular flexibility index (Phi) is 4.87. The molecule has 112 valence electrons. The third kappa shape index (κ3) is 3.04. The number of carbonyl (C=O) groups is 1. The molecule has 0 aliphatic carbocycles. The van der Waals surface area contributed by atoms with E-state index in [4.69, 9.17) is 9.47 Å². The zero-order valence-corrected chi connectivity index (χ0v) is 14.5. The van der Waals surface area contributed by atoms with Crippen molar-refractivity contribution in [2.45, 2.75) is 19.8 Å². The number of benzene rings is 1. The number of ether oxygens (including phenoxy) is 2. The van der Waals surface area contributed by atoms with E-state index in [0.717, 1.165) is 20.7 Å². The Morgan fingerprint density at radius 2 is 2.05 bits per heavy atom. The summed E-state index contributed by atoms with van der Waals surface area (Å²) in [4.78, 5) is 11.8. The first-order chi connectivity index (χ1) is 9.99. The fourth-order valence-electron chi connectivity index (χ4n) is 2.08. The van der Waals surface area contributed by atoms with E-state index in [1.807, 2.05) is 24.3 Å². The highest BCUT2D eigenvalue weighted by molar-refractivity contribution is 14.1. The largest absolute Gasteiger partial charge is 0.497 e. The predicted octanol–water partition coefficient (Wildman–Crippen LogP) is 3.40. The summed E-state index contributed by atoms with van der Waals surface area (Å²) >= 11 is 2.14. The van der Waals surface area contributed by atoms with Gasteiger partial charge in [0.05, 0.1) is 29.2 Å². The van der Waals surface area contributed by atoms with Crippen LogP contribution in [0, 0.1) is 3.57 Å². The molecule has 1 aromatic carbocycles. The van der Waals surface area contributed by atoms with Crippen molar-refractivity contribution >= 4 is 28.6 Å². The molecule has 21 heavy (non-hydrogen) atoms. The van der Waals surface area contributed by atoms with Crippen LogP contribution >= 0.6 is 22.6 Å². The van der Waals surface area contributed by atoms with Crippen molar-refractivity contribution in [1.29, 1.82) is 0 Å². The Bertz CT molecular complexity index is 665. The maximum Gasteiger partial charge on any atom is 0.359 e. The summed E-state index contributed by atoms with van der Waals surface area (Å²) in [6.07, 6.45) is 0. The molecule has 0 saturated carbocycles. The number of halogens is 1. The minimum atomic E-state index is -0.428. The maximum absolute atomic E-state index is 11.8. The lowest BCUT2D eigenvalue weighted by Gasteiger charge is -2.11. The van der Waals surface area contributed by atoms with Gasteiger partial charge in [-0.15, -0.1) is 0 Å². The van der Waals surface area contributed by atoms with E-state index in [1.54, 1.807) is 11.8 Å². The molecular weight excluding hydrogens is 383 g/mol. The Hall–Kier alpha value is -1.57. The summed E-state index contributed by atoms with van der Waals surface area (Å²) in [6, 6.07) is 7.58. The van der Waals surface area contributed by atoms with Crippen molar-refractivity contribution in [3.05, 3.63) is 39.2 Å². The second-order valence-corrected chi connectivity index (χ2v) is 5.89. The van der Waals surface area contributed by atoms with Crippen molar-refractivity contribution in [3.63, 3.8) is 0 Å². The van der Waals surface area contributed by atoms with E-state index < -0.39 is 5.97 Å². The van der Waals surface area contributed by atoms with E-state index in [2.05, 4.69) is 41.5 Å². The number of hydrogen-bond acceptors (Lipinski definition) is 4. The van der Waals surface area contributed by atoms with Gasteiger partial charge in [-0.2, -0.15) is 5.10 Å². The summed E-state index contributed by atoms with van der Waals surface area (Å²) in [5, 5.41) is 4.43. The molecule has 0 aliphatic rings. The van der Waals surface area contributed by atoms with Crippen LogP contribution in [0.1, 0.15) is 35.9 Å². The van der Waals surface area contributed by atoms with E-state index in [-0.39, 0.29) is 5.92 Å². The summed E-state index contributed by atoms with van der Waals surface area (Å²) in [5.74, 6) is 0.532. The molecule has 0 fully saturated rings. The standard InChI is InChI=1S/C15H17IN2O3/c1-9(2)14-12(16)13(15(19)21-4)17-18(14)10-6-5-7-11(8-10)20-3/h5-9H,1-4H3. The predicted molar refractivity (Wildman–Crippen MR) is 88.3 cm³/mol. The van der Waals surface area contributed by atoms with Crippen molar-refractivity contribution in [2.75, 3.05) is 14.2 Å². The summed E-state index contributed by atoms with van der Waals surface area (Å²) in [7, 11) is 2.98. The first-order valence-electron chi connectivity index (χ1n) is 6.50. The van der Waals surface area contributed by atoms with Crippen LogP contribution in [0.2, 0.25) is 0 Å². The van der Waals surface area contributed by atoms with Crippen molar-refractivity contribution in [1.82, 2.24) is 9.78 Å². The van der Waals surface area contributed by atoms with Gasteiger partial charge in [0.2, 0.25) is 0 Å². The lowest BCUT2D eigenvalue weighted by atomic mass is 10.1. The second-order valence-electron chi connectivity index (χ2n) is 4.81. The fourth-order valence-corrected chi connectivity index (χ4v) is 3.26. The van der Waals surface area contributed by atoms with E-state index in [0.29, 0.717) is 5.69 Å². The molecule has 0 unspecified atom stereocenters. The Balaban J connectivity index is 2.64. The highest BCUT2D eigenvalue weighted by atomic mass is 127. The Labute approximate surface area is 137 Å². The third-order valence-corrected chi connectivity index (χ3v) is 4.15. The molecular formula is C15H17IN2O3. The molecule has 0 radical (unpaired) electrons. The molecule has 5 nitrogen and oxygen atoms in total. The van der Waals surface area contributed by atoms with Crippen LogP contribution < -0.4 is 4.74 Å². The quantitative estimate of drug-likeness (QED) is 0.583. The van der Waals surface area contributed by atoms with Gasteiger partial charge in [-0.05, 0) is 40.6 Å². The molecule has 6 heteroatoms. The van der Waals surface area contributed by atoms with Crippen LogP contribution in [0.4, 0.5) is 0 Å². The van der Waals surface area contributed by atoms with E-state index in [9.17, 15) is 4.79 Å². The van der Waals surface area contributed by atoms with Crippen LogP contribution in [-0.2, 0) is 4.74 Å². The highest BCUT2D eigenvalue weighted by Crippen LogP contribution is 2.28. The average molecular weight is 400 g/mol. The van der Waals surface area contributed by atoms with Gasteiger partial charge >= 0.3 is 5.97 Å². The fraction of sp³-hybridized carbons (Fsp3) is 0.333. The number of rotatable bonds is 4. The molecule has 0 aliphatic heterocycles. The molecule has 1 aromatic heterocycles. The molecule has 0 bridgehead atoms. The van der Waals surface area contributed by atoms with E-state index >= 15 is 0 Å². The SMILES string of the molecule is COC(=O)c1nn(-c2cccc(OC)c2)c(C(C)C)c1I. The number of aromatic nitrogens is 2. The Morgan fingerprint density at radius 3 is 2.62 bits per heavy atom. The molecule has 2 rings (SSSR count). The van der Waals surface area contributed by atoms with Crippen LogP contribution in [0.3, 0.4) is 0 Å². The molecule has 0 N–H and O–H groups in total. The average Bonchev–Trinajstić information content (AvgIpc) is 2.84. The van der Waals surface area contributed by atoms with Crippen LogP contribution in [0.25, 0.3) is 5.69 Å². The maximum atomic E-state index is 11.8. The summed E-state index contributed by atoms with van der Waals surface area (Å²) in [6.45, 7) is 4.13. The first kappa shape index (κ1) is 15.8. The summed E-state index contributed by atoms with van der Waals surface area (Å²) in [5.41, 5.74) is 2.17. The number of methoxy groups -OCH3 is 2. The number of nitrogens with zero attached hydrogens (tertiary/aromatic N) is 2. The van der Waals surface area contributed by atoms with Gasteiger partial charge < -0.3 is 9.47 Å². The molecule has 0 amide bonds. The summed E-state index contributed by atoms with van der Waals surface area (Å²) < 4.78 is 12.6. The van der Waals surface area contributed by atoms with E-state index in [1.165, 1.54) is 7.11 Å². The van der Waals surface area contributed by atoms with Gasteiger partial charge in [0, 0.05) is 6.07 Å². The van der Waals surface area contributed by atoms with Gasteiger partial charge in [0.1, 0.15) is 5.75 Å². The smallest absolute Gasteiger partial charge is 0.359 e. The van der Waals surface area contributed by atoms with Crippen LogP contribution in [0.5, 0.6) is 5.75 Å².